The second-order valence-corrected chi connectivity index (χ2v) is 6.97. The molecule has 0 saturated carbocycles. The fourth-order valence-electron chi connectivity index (χ4n) is 3.69. The topological polar surface area (TPSA) is 84.0 Å². The van der Waals surface area contributed by atoms with Crippen LogP contribution in [0.25, 0.3) is 10.8 Å². The van der Waals surface area contributed by atoms with Crippen LogP contribution in [0.2, 0.25) is 0 Å². The molecular weight excluding hydrogens is 354 g/mol. The van der Waals surface area contributed by atoms with Gasteiger partial charge in [0.05, 0.1) is 23.9 Å². The molecule has 4 N–H and O–H groups in total. The molecule has 3 rings (SSSR count). The SMILES string of the molecule is CCOC(=O)C1=C(C[NH2+][C@H](C)c2cccc3ccccc23)NC(=O)N[C@@H]1CC. The molecule has 1 aliphatic rings. The number of carbonyl (C=O) groups is 2. The third kappa shape index (κ3) is 4.17. The number of urea groups is 1. The number of benzene rings is 2. The molecule has 0 bridgehead atoms. The van der Waals surface area contributed by atoms with Crippen molar-refractivity contribution in [2.75, 3.05) is 13.2 Å². The maximum Gasteiger partial charge on any atom is 0.338 e. The average Bonchev–Trinajstić information content (AvgIpc) is 2.71. The maximum absolute atomic E-state index is 12.5. The van der Waals surface area contributed by atoms with Crippen LogP contribution in [0.1, 0.15) is 38.8 Å². The van der Waals surface area contributed by atoms with Gasteiger partial charge in [0.15, 0.2) is 0 Å². The fourth-order valence-corrected chi connectivity index (χ4v) is 3.69. The molecule has 6 nitrogen and oxygen atoms in total. The summed E-state index contributed by atoms with van der Waals surface area (Å²) in [6.45, 7) is 6.64. The summed E-state index contributed by atoms with van der Waals surface area (Å²) in [5.41, 5.74) is 2.37. The molecule has 0 radical (unpaired) electrons. The van der Waals surface area contributed by atoms with E-state index in [-0.39, 0.29) is 24.1 Å². The second kappa shape index (κ2) is 8.89. The molecule has 2 atom stereocenters. The van der Waals surface area contributed by atoms with Crippen LogP contribution in [0.15, 0.2) is 53.7 Å². The van der Waals surface area contributed by atoms with Crippen molar-refractivity contribution in [3.63, 3.8) is 0 Å². The first-order valence-corrected chi connectivity index (χ1v) is 9.83. The van der Waals surface area contributed by atoms with Crippen LogP contribution in [0.3, 0.4) is 0 Å². The van der Waals surface area contributed by atoms with Crippen molar-refractivity contribution in [3.05, 3.63) is 59.3 Å². The van der Waals surface area contributed by atoms with E-state index in [2.05, 4.69) is 53.2 Å². The lowest BCUT2D eigenvalue weighted by atomic mass is 9.98. The monoisotopic (exact) mass is 382 g/mol. The van der Waals surface area contributed by atoms with Crippen LogP contribution in [0.5, 0.6) is 0 Å². The highest BCUT2D eigenvalue weighted by Crippen LogP contribution is 2.22. The normalized spacial score (nSPS) is 17.8. The maximum atomic E-state index is 12.5. The Labute approximate surface area is 165 Å². The van der Waals surface area contributed by atoms with Crippen molar-refractivity contribution < 1.29 is 19.6 Å². The van der Waals surface area contributed by atoms with E-state index in [0.29, 0.717) is 30.8 Å². The predicted molar refractivity (Wildman–Crippen MR) is 109 cm³/mol. The summed E-state index contributed by atoms with van der Waals surface area (Å²) < 4.78 is 5.23. The Balaban J connectivity index is 1.85. The number of nitrogens with two attached hydrogens (primary N) is 1. The second-order valence-electron chi connectivity index (χ2n) is 6.97. The largest absolute Gasteiger partial charge is 0.463 e. The number of amides is 2. The number of carbonyl (C=O) groups excluding carboxylic acids is 2. The molecule has 1 heterocycles. The van der Waals surface area contributed by atoms with Gasteiger partial charge < -0.3 is 20.7 Å². The van der Waals surface area contributed by atoms with Crippen LogP contribution < -0.4 is 16.0 Å². The third-order valence-electron chi connectivity index (χ3n) is 5.14. The number of ether oxygens (including phenoxy) is 1. The summed E-state index contributed by atoms with van der Waals surface area (Å²) >= 11 is 0. The van der Waals surface area contributed by atoms with E-state index < -0.39 is 0 Å². The lowest BCUT2D eigenvalue weighted by molar-refractivity contribution is -0.686. The fraction of sp³-hybridized carbons (Fsp3) is 0.364. The van der Waals surface area contributed by atoms with Gasteiger partial charge >= 0.3 is 12.0 Å². The van der Waals surface area contributed by atoms with E-state index in [4.69, 9.17) is 4.74 Å². The minimum Gasteiger partial charge on any atom is -0.463 e. The number of quaternary nitrogens is 1. The first-order valence-electron chi connectivity index (χ1n) is 9.83. The number of hydrogen-bond acceptors (Lipinski definition) is 3. The minimum atomic E-state index is -0.372. The minimum absolute atomic E-state index is 0.161. The molecule has 148 valence electrons. The molecule has 0 unspecified atom stereocenters. The van der Waals surface area contributed by atoms with Crippen molar-refractivity contribution >= 4 is 22.8 Å². The molecule has 0 aromatic heterocycles. The Morgan fingerprint density at radius 2 is 1.93 bits per heavy atom. The number of esters is 1. The molecule has 0 spiro atoms. The zero-order valence-electron chi connectivity index (χ0n) is 16.6. The molecule has 2 aromatic carbocycles. The molecule has 0 saturated heterocycles. The smallest absolute Gasteiger partial charge is 0.338 e. The summed E-state index contributed by atoms with van der Waals surface area (Å²) in [7, 11) is 0. The molecule has 1 aliphatic heterocycles. The molecular formula is C22H28N3O3+. The van der Waals surface area contributed by atoms with Gasteiger partial charge in [0.25, 0.3) is 0 Å². The Morgan fingerprint density at radius 1 is 1.18 bits per heavy atom. The number of rotatable bonds is 7. The van der Waals surface area contributed by atoms with Crippen molar-refractivity contribution in [3.8, 4) is 0 Å². The van der Waals surface area contributed by atoms with Crippen molar-refractivity contribution in [2.45, 2.75) is 39.3 Å². The van der Waals surface area contributed by atoms with E-state index in [9.17, 15) is 9.59 Å². The third-order valence-corrected chi connectivity index (χ3v) is 5.14. The van der Waals surface area contributed by atoms with Gasteiger partial charge in [-0.2, -0.15) is 0 Å². The summed E-state index contributed by atoms with van der Waals surface area (Å²) in [6.07, 6.45) is 0.629. The van der Waals surface area contributed by atoms with E-state index in [1.165, 1.54) is 16.3 Å². The van der Waals surface area contributed by atoms with Gasteiger partial charge in [-0.15, -0.1) is 0 Å². The Hall–Kier alpha value is -2.86. The summed E-state index contributed by atoms with van der Waals surface area (Å²) in [5, 5.41) is 10.2. The van der Waals surface area contributed by atoms with Crippen LogP contribution in [0, 0.1) is 0 Å². The van der Waals surface area contributed by atoms with E-state index in [1.807, 2.05) is 19.1 Å². The first kappa shape index (κ1) is 19.9. The van der Waals surface area contributed by atoms with Crippen LogP contribution in [-0.4, -0.2) is 31.2 Å². The van der Waals surface area contributed by atoms with Crippen molar-refractivity contribution in [1.82, 2.24) is 10.6 Å². The molecule has 6 heteroatoms. The predicted octanol–water partition coefficient (Wildman–Crippen LogP) is 2.37. The first-order chi connectivity index (χ1) is 13.5. The van der Waals surface area contributed by atoms with Gasteiger partial charge in [-0.05, 0) is 31.0 Å². The Morgan fingerprint density at radius 3 is 2.68 bits per heavy atom. The van der Waals surface area contributed by atoms with Crippen LogP contribution in [-0.2, 0) is 9.53 Å². The zero-order chi connectivity index (χ0) is 20.1. The van der Waals surface area contributed by atoms with E-state index in [1.54, 1.807) is 6.92 Å². The summed E-state index contributed by atoms with van der Waals surface area (Å²) in [4.78, 5) is 24.5. The number of nitrogens with one attached hydrogen (secondary N) is 2. The lowest BCUT2D eigenvalue weighted by Gasteiger charge is -2.28. The van der Waals surface area contributed by atoms with Gasteiger partial charge in [-0.3, -0.25) is 0 Å². The Kier molecular flexibility index (Phi) is 6.31. The standard InChI is InChI=1S/C22H27N3O3/c1-4-18-20(21(26)28-5-2)19(25-22(27)24-18)13-23-14(3)16-12-8-10-15-9-6-7-11-17(15)16/h6-12,14,18,23H,4-5,13H2,1-3H3,(H2,24,25,27)/p+1/t14-,18-/m1/s1. The van der Waals surface area contributed by atoms with Gasteiger partial charge in [-0.1, -0.05) is 49.4 Å². The van der Waals surface area contributed by atoms with Gasteiger partial charge in [0, 0.05) is 5.56 Å². The molecule has 2 amide bonds. The summed E-state index contributed by atoms with van der Waals surface area (Å²) in [5.74, 6) is -0.372. The van der Waals surface area contributed by atoms with E-state index >= 15 is 0 Å². The van der Waals surface area contributed by atoms with Gasteiger partial charge in [0.1, 0.15) is 12.6 Å². The zero-order valence-corrected chi connectivity index (χ0v) is 16.6. The molecule has 28 heavy (non-hydrogen) atoms. The Bertz CT molecular complexity index is 902. The number of hydrogen-bond donors (Lipinski definition) is 3. The highest BCUT2D eigenvalue weighted by molar-refractivity contribution is 5.94. The van der Waals surface area contributed by atoms with Gasteiger partial charge in [-0.25, -0.2) is 9.59 Å². The lowest BCUT2D eigenvalue weighted by Crippen LogP contribution is -2.86. The number of fused-ring (bicyclic) bond motifs is 1. The molecule has 2 aromatic rings. The van der Waals surface area contributed by atoms with E-state index in [0.717, 1.165) is 0 Å². The summed E-state index contributed by atoms with van der Waals surface area (Å²) in [6, 6.07) is 14.1. The van der Waals surface area contributed by atoms with Crippen LogP contribution in [0.4, 0.5) is 4.79 Å². The average molecular weight is 382 g/mol. The van der Waals surface area contributed by atoms with Crippen molar-refractivity contribution in [2.24, 2.45) is 0 Å². The highest BCUT2D eigenvalue weighted by atomic mass is 16.5. The van der Waals surface area contributed by atoms with Crippen LogP contribution >= 0.6 is 0 Å². The van der Waals surface area contributed by atoms with Crippen molar-refractivity contribution in [1.29, 1.82) is 0 Å². The van der Waals surface area contributed by atoms with Gasteiger partial charge in [0.2, 0.25) is 0 Å². The quantitative estimate of drug-likeness (QED) is 0.643. The molecule has 0 aliphatic carbocycles. The molecule has 0 fully saturated rings. The highest BCUT2D eigenvalue weighted by Gasteiger charge is 2.32.